The van der Waals surface area contributed by atoms with Crippen LogP contribution in [0.5, 0.6) is 0 Å². The van der Waals surface area contributed by atoms with Gasteiger partial charge in [-0.3, -0.25) is 0 Å². The Morgan fingerprint density at radius 3 is 2.71 bits per heavy atom. The maximum absolute atomic E-state index is 12.3. The second-order valence-electron chi connectivity index (χ2n) is 5.33. The molecule has 21 heavy (non-hydrogen) atoms. The number of hydrogen-bond acceptors (Lipinski definition) is 4. The number of nitrogens with zero attached hydrogens (tertiary/aromatic N) is 1. The van der Waals surface area contributed by atoms with Crippen molar-refractivity contribution in [1.29, 1.82) is 0 Å². The largest absolute Gasteiger partial charge is 0.370 e. The number of nitrogens with one attached hydrogen (secondary N) is 2. The molecule has 1 heterocycles. The summed E-state index contributed by atoms with van der Waals surface area (Å²) in [6.45, 7) is 2.81. The number of fused-ring (bicyclic) bond motifs is 1. The minimum atomic E-state index is -3.43. The van der Waals surface area contributed by atoms with Crippen LogP contribution in [0.25, 0.3) is 10.9 Å². The van der Waals surface area contributed by atoms with Crippen LogP contribution in [-0.4, -0.2) is 26.0 Å². The first-order chi connectivity index (χ1) is 10.1. The van der Waals surface area contributed by atoms with Crippen molar-refractivity contribution in [2.24, 2.45) is 0 Å². The van der Waals surface area contributed by atoms with Crippen LogP contribution in [0.2, 0.25) is 0 Å². The fraction of sp³-hybridized carbons (Fsp3) is 0.400. The van der Waals surface area contributed by atoms with Gasteiger partial charge in [-0.15, -0.1) is 0 Å². The Morgan fingerprint density at radius 2 is 2.05 bits per heavy atom. The van der Waals surface area contributed by atoms with Gasteiger partial charge < -0.3 is 5.32 Å². The summed E-state index contributed by atoms with van der Waals surface area (Å²) in [4.78, 5) is 4.76. The van der Waals surface area contributed by atoms with Crippen LogP contribution in [0.15, 0.2) is 35.2 Å². The van der Waals surface area contributed by atoms with Gasteiger partial charge in [-0.1, -0.05) is 6.42 Å². The highest BCUT2D eigenvalue weighted by Gasteiger charge is 2.24. The fourth-order valence-electron chi connectivity index (χ4n) is 2.36. The zero-order valence-electron chi connectivity index (χ0n) is 12.0. The number of rotatable bonds is 5. The minimum absolute atomic E-state index is 0.0972. The lowest BCUT2D eigenvalue weighted by Gasteiger charge is -2.26. The first-order valence-corrected chi connectivity index (χ1v) is 8.74. The van der Waals surface area contributed by atoms with Gasteiger partial charge >= 0.3 is 0 Å². The minimum Gasteiger partial charge on any atom is -0.370 e. The Kier molecular flexibility index (Phi) is 3.82. The lowest BCUT2D eigenvalue weighted by molar-refractivity contribution is 0.383. The summed E-state index contributed by atoms with van der Waals surface area (Å²) in [5.74, 6) is 0.799. The highest BCUT2D eigenvalue weighted by atomic mass is 32.2. The molecule has 5 nitrogen and oxygen atoms in total. The monoisotopic (exact) mass is 305 g/mol. The Morgan fingerprint density at radius 1 is 1.24 bits per heavy atom. The molecule has 0 amide bonds. The van der Waals surface area contributed by atoms with Crippen LogP contribution in [-0.2, 0) is 10.0 Å². The average Bonchev–Trinajstić information content (AvgIpc) is 2.43. The van der Waals surface area contributed by atoms with E-state index in [1.807, 2.05) is 19.1 Å². The molecular formula is C15H19N3O2S. The molecule has 2 aromatic rings. The van der Waals surface area contributed by atoms with Crippen molar-refractivity contribution in [3.8, 4) is 0 Å². The van der Waals surface area contributed by atoms with E-state index in [1.54, 1.807) is 18.2 Å². The molecule has 1 aromatic heterocycles. The van der Waals surface area contributed by atoms with E-state index in [4.69, 9.17) is 0 Å². The lowest BCUT2D eigenvalue weighted by atomic mass is 9.94. The summed E-state index contributed by atoms with van der Waals surface area (Å²) in [5.41, 5.74) is 0.788. The van der Waals surface area contributed by atoms with Crippen molar-refractivity contribution < 1.29 is 8.42 Å². The molecule has 0 aliphatic heterocycles. The standard InChI is InChI=1S/C15H19N3O2S/c1-2-16-15-9-6-11-10-13(7-8-14(11)17-15)21(19,20)18-12-4-3-5-12/h6-10,12,18H,2-5H2,1H3,(H,16,17). The summed E-state index contributed by atoms with van der Waals surface area (Å²) < 4.78 is 27.4. The molecular weight excluding hydrogens is 286 g/mol. The van der Waals surface area contributed by atoms with E-state index in [9.17, 15) is 8.42 Å². The van der Waals surface area contributed by atoms with Gasteiger partial charge in [-0.2, -0.15) is 0 Å². The van der Waals surface area contributed by atoms with Gasteiger partial charge in [0, 0.05) is 18.0 Å². The van der Waals surface area contributed by atoms with E-state index >= 15 is 0 Å². The Bertz CT molecular complexity index is 755. The molecule has 1 saturated carbocycles. The lowest BCUT2D eigenvalue weighted by Crippen LogP contribution is -2.39. The molecule has 112 valence electrons. The van der Waals surface area contributed by atoms with Crippen molar-refractivity contribution in [3.05, 3.63) is 30.3 Å². The molecule has 6 heteroatoms. The van der Waals surface area contributed by atoms with E-state index in [0.717, 1.165) is 42.5 Å². The second kappa shape index (κ2) is 5.61. The number of anilines is 1. The van der Waals surface area contributed by atoms with Gasteiger partial charge in [0.15, 0.2) is 0 Å². The van der Waals surface area contributed by atoms with Gasteiger partial charge in [-0.05, 0) is 50.1 Å². The van der Waals surface area contributed by atoms with E-state index in [1.165, 1.54) is 0 Å². The Hall–Kier alpha value is -1.66. The van der Waals surface area contributed by atoms with Crippen LogP contribution in [0.3, 0.4) is 0 Å². The summed E-state index contributed by atoms with van der Waals surface area (Å²) >= 11 is 0. The van der Waals surface area contributed by atoms with E-state index < -0.39 is 10.0 Å². The smallest absolute Gasteiger partial charge is 0.240 e. The number of hydrogen-bond donors (Lipinski definition) is 2. The summed E-state index contributed by atoms with van der Waals surface area (Å²) in [7, 11) is -3.43. The van der Waals surface area contributed by atoms with Crippen molar-refractivity contribution in [2.75, 3.05) is 11.9 Å². The van der Waals surface area contributed by atoms with Gasteiger partial charge in [0.1, 0.15) is 5.82 Å². The highest BCUT2D eigenvalue weighted by molar-refractivity contribution is 7.89. The maximum Gasteiger partial charge on any atom is 0.240 e. The highest BCUT2D eigenvalue weighted by Crippen LogP contribution is 2.23. The molecule has 3 rings (SSSR count). The van der Waals surface area contributed by atoms with Crippen molar-refractivity contribution >= 4 is 26.7 Å². The van der Waals surface area contributed by atoms with E-state index in [0.29, 0.717) is 4.90 Å². The molecule has 0 spiro atoms. The molecule has 0 radical (unpaired) electrons. The zero-order valence-corrected chi connectivity index (χ0v) is 12.8. The van der Waals surface area contributed by atoms with Gasteiger partial charge in [0.2, 0.25) is 10.0 Å². The molecule has 1 aromatic carbocycles. The van der Waals surface area contributed by atoms with Crippen molar-refractivity contribution in [3.63, 3.8) is 0 Å². The number of aromatic nitrogens is 1. The SMILES string of the molecule is CCNc1ccc2cc(S(=O)(=O)NC3CCC3)ccc2n1. The maximum atomic E-state index is 12.3. The van der Waals surface area contributed by atoms with Gasteiger partial charge in [0.25, 0.3) is 0 Å². The zero-order chi connectivity index (χ0) is 14.9. The van der Waals surface area contributed by atoms with Crippen molar-refractivity contribution in [1.82, 2.24) is 9.71 Å². The fourth-order valence-corrected chi connectivity index (χ4v) is 3.70. The summed E-state index contributed by atoms with van der Waals surface area (Å²) in [5, 5.41) is 3.97. The molecule has 1 aliphatic rings. The topological polar surface area (TPSA) is 71.1 Å². The van der Waals surface area contributed by atoms with Crippen LogP contribution in [0.1, 0.15) is 26.2 Å². The molecule has 1 aliphatic carbocycles. The first-order valence-electron chi connectivity index (χ1n) is 7.25. The molecule has 1 fully saturated rings. The Labute approximate surface area is 124 Å². The third-order valence-electron chi connectivity index (χ3n) is 3.76. The van der Waals surface area contributed by atoms with Crippen LogP contribution in [0, 0.1) is 0 Å². The number of pyridine rings is 1. The molecule has 0 bridgehead atoms. The number of benzene rings is 1. The second-order valence-corrected chi connectivity index (χ2v) is 7.04. The summed E-state index contributed by atoms with van der Waals surface area (Å²) in [6, 6.07) is 8.90. The normalized spacial score (nSPS) is 15.9. The van der Waals surface area contributed by atoms with E-state index in [-0.39, 0.29) is 6.04 Å². The molecule has 0 atom stereocenters. The molecule has 0 unspecified atom stereocenters. The third-order valence-corrected chi connectivity index (χ3v) is 5.27. The third kappa shape index (κ3) is 3.01. The Balaban J connectivity index is 1.91. The van der Waals surface area contributed by atoms with Gasteiger partial charge in [0.05, 0.1) is 10.4 Å². The predicted octanol–water partition coefficient (Wildman–Crippen LogP) is 2.50. The molecule has 2 N–H and O–H groups in total. The quantitative estimate of drug-likeness (QED) is 0.890. The van der Waals surface area contributed by atoms with Crippen LogP contribution < -0.4 is 10.0 Å². The predicted molar refractivity (Wildman–Crippen MR) is 83.9 cm³/mol. The van der Waals surface area contributed by atoms with Gasteiger partial charge in [-0.25, -0.2) is 18.1 Å². The molecule has 0 saturated heterocycles. The van der Waals surface area contributed by atoms with Crippen molar-refractivity contribution in [2.45, 2.75) is 37.1 Å². The van der Waals surface area contributed by atoms with Crippen LogP contribution >= 0.6 is 0 Å². The van der Waals surface area contributed by atoms with E-state index in [2.05, 4.69) is 15.0 Å². The summed E-state index contributed by atoms with van der Waals surface area (Å²) in [6.07, 6.45) is 2.96. The first kappa shape index (κ1) is 14.3. The average molecular weight is 305 g/mol. The van der Waals surface area contributed by atoms with Crippen LogP contribution in [0.4, 0.5) is 5.82 Å². The number of sulfonamides is 1.